The Balaban J connectivity index is 0.000000860. The van der Waals surface area contributed by atoms with Crippen molar-refractivity contribution < 1.29 is 49.9 Å². The molecule has 2 aromatic carbocycles. The van der Waals surface area contributed by atoms with Crippen LogP contribution in [-0.2, 0) is 29.6 Å². The predicted octanol–water partition coefficient (Wildman–Crippen LogP) is 2.29. The summed E-state index contributed by atoms with van der Waals surface area (Å²) in [4.78, 5) is 22.2. The van der Waals surface area contributed by atoms with Crippen molar-refractivity contribution in [3.63, 3.8) is 0 Å². The Labute approximate surface area is 260 Å². The summed E-state index contributed by atoms with van der Waals surface area (Å²) in [6, 6.07) is 11.8. The normalized spacial score (nSPS) is 15.8. The molecule has 1 aliphatic carbocycles. The van der Waals surface area contributed by atoms with Gasteiger partial charge in [0.15, 0.2) is 0 Å². The number of carbonyl (C=O) groups excluding carboxylic acids is 1. The molecule has 18 heteroatoms. The van der Waals surface area contributed by atoms with Crippen LogP contribution in [0.1, 0.15) is 19.8 Å². The Hall–Kier alpha value is -3.50. The topological polar surface area (TPSA) is 197 Å². The van der Waals surface area contributed by atoms with E-state index in [1.807, 2.05) is 13.0 Å². The Bertz CT molecular complexity index is 1720. The van der Waals surface area contributed by atoms with Crippen LogP contribution in [0.15, 0.2) is 80.2 Å². The van der Waals surface area contributed by atoms with E-state index in [-0.39, 0.29) is 11.3 Å². The summed E-state index contributed by atoms with van der Waals surface area (Å²) in [5.74, 6) is -3.28. The van der Waals surface area contributed by atoms with Gasteiger partial charge in [0.05, 0.1) is 4.90 Å². The molecule has 2 atom stereocenters. The Morgan fingerprint density at radius 1 is 1.11 bits per heavy atom. The standard InChI is InChI=1S/C24H29AsN4O6S2.C2HF3O2/c1-15-17(10-13-20(28-31)23(15)25)14-21(29(2)36(3,32)33)24(30)27-18-11-8-16(9-12-18)19-6-4-5-7-22(19)37(26,34)35;3-2(4,5)1(6)7/h4-12,21,31H,13-14,25H2,1-3H3,(H,27,30)(H2,26,34,35);(H,6,7)/t21-;/m0./s1. The zero-order chi connectivity index (χ0) is 33.6. The van der Waals surface area contributed by atoms with E-state index in [1.54, 1.807) is 42.5 Å². The number of allylic oxidation sites excluding steroid dienone is 3. The number of hydrogen-bond donors (Lipinski definition) is 4. The van der Waals surface area contributed by atoms with Gasteiger partial charge in [0.2, 0.25) is 10.0 Å². The van der Waals surface area contributed by atoms with Gasteiger partial charge in [-0.1, -0.05) is 18.2 Å². The van der Waals surface area contributed by atoms with Crippen LogP contribution < -0.4 is 10.5 Å². The number of carboxylic acids is 1. The van der Waals surface area contributed by atoms with E-state index in [2.05, 4.69) is 10.5 Å². The maximum absolute atomic E-state index is 13.3. The summed E-state index contributed by atoms with van der Waals surface area (Å²) >= 11 is 1.28. The van der Waals surface area contributed by atoms with Crippen LogP contribution >= 0.6 is 0 Å². The molecule has 12 nitrogen and oxygen atoms in total. The van der Waals surface area contributed by atoms with Gasteiger partial charge < -0.3 is 5.11 Å². The van der Waals surface area contributed by atoms with Crippen molar-refractivity contribution in [1.29, 1.82) is 0 Å². The number of likely N-dealkylation sites (N-methyl/N-ethyl adjacent to an activating group) is 1. The first-order valence-electron chi connectivity index (χ1n) is 12.3. The predicted molar refractivity (Wildman–Crippen MR) is 160 cm³/mol. The molecule has 0 fully saturated rings. The smallest absolute Gasteiger partial charge is 0.475 e. The SMILES string of the molecule is CC1=C([AsH2])C(=NO)CC=C1C[C@@H](C(=O)Nc1ccc(-c2ccccc2S(N)(=O)=O)cc1)N(C)S(C)(=O)=O.O=C(O)C(F)(F)F. The monoisotopic (exact) mass is 722 g/mol. The van der Waals surface area contributed by atoms with Crippen molar-refractivity contribution in [2.75, 3.05) is 18.6 Å². The number of rotatable bonds is 8. The molecular weight excluding hydrogens is 692 g/mol. The third kappa shape index (κ3) is 9.75. The second-order valence-electron chi connectivity index (χ2n) is 9.43. The summed E-state index contributed by atoms with van der Waals surface area (Å²) in [6.45, 7) is 1.85. The molecule has 1 amide bonds. The van der Waals surface area contributed by atoms with Crippen molar-refractivity contribution in [1.82, 2.24) is 4.31 Å². The van der Waals surface area contributed by atoms with Crippen molar-refractivity contribution in [2.45, 2.75) is 36.9 Å². The number of alkyl halides is 3. The number of nitrogens with zero attached hydrogens (tertiary/aromatic N) is 2. The Morgan fingerprint density at radius 2 is 1.66 bits per heavy atom. The zero-order valence-electron chi connectivity index (χ0n) is 23.5. The first-order valence-corrected chi connectivity index (χ1v) is 16.9. The van der Waals surface area contributed by atoms with Gasteiger partial charge in [0.1, 0.15) is 0 Å². The van der Waals surface area contributed by atoms with Crippen LogP contribution in [-0.4, -0.2) is 91.4 Å². The zero-order valence-corrected chi connectivity index (χ0v) is 27.6. The summed E-state index contributed by atoms with van der Waals surface area (Å²) < 4.78 is 82.2. The maximum atomic E-state index is 13.3. The van der Waals surface area contributed by atoms with Gasteiger partial charge in [-0.2, -0.15) is 13.2 Å². The molecule has 0 radical (unpaired) electrons. The second-order valence-corrected chi connectivity index (χ2v) is 14.2. The summed E-state index contributed by atoms with van der Waals surface area (Å²) in [6.07, 6.45) is -1.70. The van der Waals surface area contributed by atoms with Crippen LogP contribution in [0.3, 0.4) is 0 Å². The number of anilines is 1. The van der Waals surface area contributed by atoms with Gasteiger partial charge in [0.25, 0.3) is 0 Å². The van der Waals surface area contributed by atoms with Crippen LogP contribution in [0.2, 0.25) is 0 Å². The Morgan fingerprint density at radius 3 is 2.14 bits per heavy atom. The van der Waals surface area contributed by atoms with Crippen molar-refractivity contribution >= 4 is 60.2 Å². The number of halogens is 3. The average Bonchev–Trinajstić information content (AvgIpc) is 2.93. The molecule has 0 saturated carbocycles. The molecule has 0 heterocycles. The van der Waals surface area contributed by atoms with Gasteiger partial charge in [-0.3, -0.25) is 0 Å². The minimum absolute atomic E-state index is 0.0168. The minimum Gasteiger partial charge on any atom is -0.475 e. The van der Waals surface area contributed by atoms with Crippen LogP contribution in [0.5, 0.6) is 0 Å². The molecular formula is C26H30AsF3N4O8S2. The molecule has 44 heavy (non-hydrogen) atoms. The quantitative estimate of drug-likeness (QED) is 0.181. The average molecular weight is 723 g/mol. The number of sulfonamides is 2. The van der Waals surface area contributed by atoms with E-state index in [0.29, 0.717) is 28.9 Å². The largest absolute Gasteiger partial charge is 0.490 e. The molecule has 3 rings (SSSR count). The van der Waals surface area contributed by atoms with E-state index in [4.69, 9.17) is 15.0 Å². The first kappa shape index (κ1) is 36.7. The fourth-order valence-electron chi connectivity index (χ4n) is 3.94. The minimum atomic E-state index is -5.08. The molecule has 0 aromatic heterocycles. The van der Waals surface area contributed by atoms with Gasteiger partial charge in [-0.05, 0) is 6.07 Å². The van der Waals surface area contributed by atoms with E-state index in [9.17, 15) is 40.0 Å². The summed E-state index contributed by atoms with van der Waals surface area (Å²) in [5, 5.41) is 27.7. The number of benzene rings is 2. The molecule has 1 unspecified atom stereocenters. The molecule has 2 aromatic rings. The summed E-state index contributed by atoms with van der Waals surface area (Å²) in [5.41, 5.74) is 3.61. The Kier molecular flexibility index (Phi) is 12.1. The van der Waals surface area contributed by atoms with Crippen molar-refractivity contribution in [3.05, 3.63) is 70.1 Å². The molecule has 0 saturated heterocycles. The number of hydrogen-bond acceptors (Lipinski definition) is 8. The van der Waals surface area contributed by atoms with Crippen LogP contribution in [0.25, 0.3) is 11.1 Å². The molecule has 0 aliphatic heterocycles. The second kappa shape index (κ2) is 14.5. The van der Waals surface area contributed by atoms with Gasteiger partial charge in [-0.25, -0.2) is 18.4 Å². The number of nitrogens with two attached hydrogens (primary N) is 1. The molecule has 5 N–H and O–H groups in total. The van der Waals surface area contributed by atoms with E-state index < -0.39 is 44.1 Å². The van der Waals surface area contributed by atoms with E-state index in [0.717, 1.165) is 26.1 Å². The van der Waals surface area contributed by atoms with Crippen molar-refractivity contribution in [3.8, 4) is 11.1 Å². The van der Waals surface area contributed by atoms with Crippen molar-refractivity contribution in [2.24, 2.45) is 10.3 Å². The third-order valence-electron chi connectivity index (χ3n) is 6.44. The number of amides is 1. The van der Waals surface area contributed by atoms with E-state index >= 15 is 0 Å². The van der Waals surface area contributed by atoms with Gasteiger partial charge in [0, 0.05) is 0 Å². The molecule has 0 spiro atoms. The molecule has 240 valence electrons. The number of primary sulfonamides is 1. The number of carboxylic acid groups (broad SMARTS) is 1. The van der Waals surface area contributed by atoms with Gasteiger partial charge >= 0.3 is 186 Å². The van der Waals surface area contributed by atoms with Crippen LogP contribution in [0, 0.1) is 0 Å². The maximum Gasteiger partial charge on any atom is 0.490 e. The third-order valence-corrected chi connectivity index (χ3v) is 10.3. The van der Waals surface area contributed by atoms with Gasteiger partial charge in [-0.15, -0.1) is 0 Å². The first-order chi connectivity index (χ1) is 20.2. The number of oxime groups is 1. The fourth-order valence-corrected chi connectivity index (χ4v) is 6.09. The molecule has 0 bridgehead atoms. The molecule has 1 aliphatic rings. The fraction of sp³-hybridized carbons (Fsp3) is 0.269. The number of nitrogens with one attached hydrogen (secondary N) is 1. The number of carbonyl (C=O) groups is 2. The number of aliphatic carboxylic acids is 1. The summed E-state index contributed by atoms with van der Waals surface area (Å²) in [7, 11) is -6.28. The van der Waals surface area contributed by atoms with Crippen LogP contribution in [0.4, 0.5) is 18.9 Å². The van der Waals surface area contributed by atoms with E-state index in [1.165, 1.54) is 30.0 Å².